The number of fused-ring (bicyclic) bond motifs is 5. The number of hydrogen-bond acceptors (Lipinski definition) is 7. The van der Waals surface area contributed by atoms with Crippen LogP contribution in [0.2, 0.25) is 0 Å². The van der Waals surface area contributed by atoms with E-state index in [0.717, 1.165) is 75.3 Å². The lowest BCUT2D eigenvalue weighted by Gasteiger charge is -2.60. The Balaban J connectivity index is 1.34. The summed E-state index contributed by atoms with van der Waals surface area (Å²) in [5.74, 6) is 1.67. The molecule has 7 atom stereocenters. The second-order valence-corrected chi connectivity index (χ2v) is 11.8. The zero-order valence-electron chi connectivity index (χ0n) is 20.8. The van der Waals surface area contributed by atoms with Crippen molar-refractivity contribution in [3.05, 3.63) is 44.0 Å². The number of non-ortho nitro benzene ring substituents is 2. The first-order valence-electron chi connectivity index (χ1n) is 13.0. The second kappa shape index (κ2) is 8.90. The molecule has 194 valence electrons. The quantitative estimate of drug-likeness (QED) is 0.441. The van der Waals surface area contributed by atoms with Crippen LogP contribution < -0.4 is 5.43 Å². The molecule has 4 aliphatic rings. The van der Waals surface area contributed by atoms with Crippen LogP contribution in [0.4, 0.5) is 11.4 Å². The first-order chi connectivity index (χ1) is 17.0. The lowest BCUT2D eigenvalue weighted by atomic mass is 9.45. The molecule has 0 spiro atoms. The molecular formula is C26H34N4O6. The molecule has 1 aromatic rings. The van der Waals surface area contributed by atoms with Crippen LogP contribution in [-0.2, 0) is 0 Å². The Morgan fingerprint density at radius 3 is 2.36 bits per heavy atom. The van der Waals surface area contributed by atoms with Gasteiger partial charge < -0.3 is 5.11 Å². The Hall–Kier alpha value is -2.88. The average Bonchev–Trinajstić information content (AvgIpc) is 3.18. The number of nitro benzene ring substituents is 2. The fourth-order valence-corrected chi connectivity index (χ4v) is 8.33. The Bertz CT molecular complexity index is 1110. The summed E-state index contributed by atoms with van der Waals surface area (Å²) < 4.78 is 0. The van der Waals surface area contributed by atoms with Gasteiger partial charge in [-0.25, -0.2) is 5.43 Å². The Kier molecular flexibility index (Phi) is 6.13. The van der Waals surface area contributed by atoms with Gasteiger partial charge in [-0.1, -0.05) is 13.8 Å². The molecular weight excluding hydrogens is 464 g/mol. The van der Waals surface area contributed by atoms with Gasteiger partial charge in [-0.2, -0.15) is 5.10 Å². The molecule has 0 unspecified atom stereocenters. The van der Waals surface area contributed by atoms with Gasteiger partial charge in [0.25, 0.3) is 17.3 Å². The van der Waals surface area contributed by atoms with Gasteiger partial charge in [-0.05, 0) is 86.9 Å². The Morgan fingerprint density at radius 2 is 1.69 bits per heavy atom. The maximum absolute atomic E-state index is 12.8. The van der Waals surface area contributed by atoms with Crippen LogP contribution in [0.1, 0.15) is 82.0 Å². The highest BCUT2D eigenvalue weighted by Crippen LogP contribution is 2.65. The largest absolute Gasteiger partial charge is 0.393 e. The normalized spacial score (nSPS) is 38.5. The van der Waals surface area contributed by atoms with Gasteiger partial charge >= 0.3 is 0 Å². The number of rotatable bonds is 4. The van der Waals surface area contributed by atoms with Crippen LogP contribution in [0.25, 0.3) is 0 Å². The number of aliphatic hydroxyl groups is 1. The maximum atomic E-state index is 12.8. The minimum Gasteiger partial charge on any atom is -0.393 e. The zero-order valence-corrected chi connectivity index (χ0v) is 20.8. The molecule has 0 saturated heterocycles. The van der Waals surface area contributed by atoms with E-state index in [1.165, 1.54) is 6.42 Å². The van der Waals surface area contributed by atoms with Crippen molar-refractivity contribution >= 4 is 23.0 Å². The summed E-state index contributed by atoms with van der Waals surface area (Å²) in [5, 5.41) is 37.1. The summed E-state index contributed by atoms with van der Waals surface area (Å²) in [5.41, 5.74) is 2.49. The SMILES string of the molecule is C[C@]12CC[C@H](O)C[C@@H]1CC[C@H]1[C@H]2CC[C@@]2(C)C(=NNC(=O)c3cc([N+](=O)[O-])cc([N+](=O)[O-])c3)CC[C@H]12. The fourth-order valence-electron chi connectivity index (χ4n) is 8.33. The monoisotopic (exact) mass is 498 g/mol. The second-order valence-electron chi connectivity index (χ2n) is 11.8. The molecule has 4 fully saturated rings. The molecule has 10 heteroatoms. The minimum absolute atomic E-state index is 0.111. The van der Waals surface area contributed by atoms with Crippen molar-refractivity contribution in [3.8, 4) is 0 Å². The van der Waals surface area contributed by atoms with E-state index < -0.39 is 27.1 Å². The molecule has 1 aromatic carbocycles. The van der Waals surface area contributed by atoms with Crippen molar-refractivity contribution in [2.24, 2.45) is 39.6 Å². The molecule has 0 radical (unpaired) electrons. The highest BCUT2D eigenvalue weighted by Gasteiger charge is 2.59. The molecule has 4 saturated carbocycles. The first-order valence-corrected chi connectivity index (χ1v) is 13.0. The summed E-state index contributed by atoms with van der Waals surface area (Å²) in [6.07, 6.45) is 9.03. The summed E-state index contributed by atoms with van der Waals surface area (Å²) in [7, 11) is 0. The molecule has 5 rings (SSSR count). The summed E-state index contributed by atoms with van der Waals surface area (Å²) in [6, 6.07) is 2.91. The number of nitrogens with one attached hydrogen (secondary N) is 1. The molecule has 0 heterocycles. The molecule has 0 bridgehead atoms. The number of aliphatic hydroxyl groups excluding tert-OH is 1. The van der Waals surface area contributed by atoms with Crippen molar-refractivity contribution in [2.45, 2.75) is 77.7 Å². The topological polar surface area (TPSA) is 148 Å². The minimum atomic E-state index is -0.751. The molecule has 10 nitrogen and oxygen atoms in total. The number of benzene rings is 1. The molecule has 1 amide bonds. The van der Waals surface area contributed by atoms with E-state index in [4.69, 9.17) is 0 Å². The highest BCUT2D eigenvalue weighted by molar-refractivity contribution is 5.98. The van der Waals surface area contributed by atoms with E-state index in [0.29, 0.717) is 23.7 Å². The standard InChI is InChI=1S/C26H34N4O6/c1-25-9-7-19(31)13-16(25)3-4-20-21-5-6-23(26(21,2)10-8-22(20)25)27-28-24(32)15-11-17(29(33)34)14-18(12-15)30(35)36/h11-12,14,16,19-22,31H,3-10,13H2,1-2H3,(H,28,32)/t16-,19-,20+,21+,22+,25-,26+/m0/s1. The van der Waals surface area contributed by atoms with E-state index in [1.807, 2.05) is 0 Å². The van der Waals surface area contributed by atoms with E-state index in [1.54, 1.807) is 0 Å². The van der Waals surface area contributed by atoms with Crippen molar-refractivity contribution in [1.82, 2.24) is 5.43 Å². The predicted octanol–water partition coefficient (Wildman–Crippen LogP) is 4.99. The molecule has 4 aliphatic carbocycles. The van der Waals surface area contributed by atoms with Crippen LogP contribution in [-0.4, -0.2) is 32.7 Å². The number of hydrogen-bond donors (Lipinski definition) is 2. The third-order valence-corrected chi connectivity index (χ3v) is 10.3. The van der Waals surface area contributed by atoms with Crippen molar-refractivity contribution in [2.75, 3.05) is 0 Å². The van der Waals surface area contributed by atoms with Gasteiger partial charge in [0.1, 0.15) is 0 Å². The summed E-state index contributed by atoms with van der Waals surface area (Å²) in [6.45, 7) is 4.70. The average molecular weight is 499 g/mol. The van der Waals surface area contributed by atoms with Crippen molar-refractivity contribution < 1.29 is 19.7 Å². The number of carbonyl (C=O) groups is 1. The van der Waals surface area contributed by atoms with Crippen LogP contribution in [0.3, 0.4) is 0 Å². The Morgan fingerprint density at radius 1 is 1.00 bits per heavy atom. The van der Waals surface area contributed by atoms with Gasteiger partial charge in [0.15, 0.2) is 0 Å². The summed E-state index contributed by atoms with van der Waals surface area (Å²) in [4.78, 5) is 33.6. The third kappa shape index (κ3) is 3.99. The van der Waals surface area contributed by atoms with Gasteiger partial charge in [0.05, 0.1) is 27.6 Å². The number of amides is 1. The van der Waals surface area contributed by atoms with Crippen LogP contribution in [0.5, 0.6) is 0 Å². The van der Waals surface area contributed by atoms with Crippen molar-refractivity contribution in [3.63, 3.8) is 0 Å². The van der Waals surface area contributed by atoms with Crippen LogP contribution >= 0.6 is 0 Å². The van der Waals surface area contributed by atoms with E-state index in [2.05, 4.69) is 24.4 Å². The molecule has 2 N–H and O–H groups in total. The molecule has 36 heavy (non-hydrogen) atoms. The van der Waals surface area contributed by atoms with Gasteiger partial charge in [-0.15, -0.1) is 0 Å². The van der Waals surface area contributed by atoms with Crippen LogP contribution in [0, 0.1) is 54.7 Å². The first kappa shape index (κ1) is 24.8. The third-order valence-electron chi connectivity index (χ3n) is 10.3. The number of nitrogens with zero attached hydrogens (tertiary/aromatic N) is 3. The van der Waals surface area contributed by atoms with E-state index in [-0.39, 0.29) is 22.5 Å². The smallest absolute Gasteiger partial charge is 0.277 e. The van der Waals surface area contributed by atoms with Gasteiger partial charge in [0, 0.05) is 23.3 Å². The lowest BCUT2D eigenvalue weighted by Crippen LogP contribution is -2.54. The highest BCUT2D eigenvalue weighted by atomic mass is 16.6. The molecule has 0 aliphatic heterocycles. The van der Waals surface area contributed by atoms with E-state index >= 15 is 0 Å². The number of nitro groups is 2. The number of carbonyl (C=O) groups excluding carboxylic acids is 1. The fraction of sp³-hybridized carbons (Fsp3) is 0.692. The maximum Gasteiger partial charge on any atom is 0.277 e. The Labute approximate surface area is 209 Å². The number of hydrazone groups is 1. The van der Waals surface area contributed by atoms with Gasteiger partial charge in [0.2, 0.25) is 0 Å². The lowest BCUT2D eigenvalue weighted by molar-refractivity contribution is -0.394. The zero-order chi connectivity index (χ0) is 25.8. The predicted molar refractivity (Wildman–Crippen MR) is 132 cm³/mol. The summed E-state index contributed by atoms with van der Waals surface area (Å²) >= 11 is 0. The van der Waals surface area contributed by atoms with Crippen molar-refractivity contribution in [1.29, 1.82) is 0 Å². The van der Waals surface area contributed by atoms with E-state index in [9.17, 15) is 30.1 Å². The van der Waals surface area contributed by atoms with Gasteiger partial charge in [-0.3, -0.25) is 25.0 Å². The van der Waals surface area contributed by atoms with Crippen LogP contribution in [0.15, 0.2) is 23.3 Å². The molecule has 0 aromatic heterocycles.